The minimum atomic E-state index is 0.0339. The number of hydrogen-bond acceptors (Lipinski definition) is 4. The zero-order chi connectivity index (χ0) is 16.5. The summed E-state index contributed by atoms with van der Waals surface area (Å²) in [4.78, 5) is 4.01. The summed E-state index contributed by atoms with van der Waals surface area (Å²) in [6.45, 7) is 2.80. The molecule has 0 N–H and O–H groups in total. The van der Waals surface area contributed by atoms with Gasteiger partial charge in [-0.2, -0.15) is 25.3 Å². The predicted octanol–water partition coefficient (Wildman–Crippen LogP) is 4.89. The van der Waals surface area contributed by atoms with Crippen molar-refractivity contribution < 1.29 is 4.74 Å². The van der Waals surface area contributed by atoms with Gasteiger partial charge >= 0.3 is 0 Å². The number of hydrogen-bond donors (Lipinski definition) is 2. The minimum Gasteiger partial charge on any atom is -0.493 e. The highest BCUT2D eigenvalue weighted by molar-refractivity contribution is 7.81. The molecule has 1 aromatic heterocycles. The molecule has 2 aromatic rings. The summed E-state index contributed by atoms with van der Waals surface area (Å²) < 4.78 is 5.93. The maximum Gasteiger partial charge on any atom is 0.119 e. The third-order valence-corrected chi connectivity index (χ3v) is 5.36. The van der Waals surface area contributed by atoms with Crippen LogP contribution in [0.15, 0.2) is 48.8 Å². The van der Waals surface area contributed by atoms with E-state index in [4.69, 9.17) is 4.74 Å². The smallest absolute Gasteiger partial charge is 0.119 e. The van der Waals surface area contributed by atoms with E-state index in [2.05, 4.69) is 61.5 Å². The zero-order valence-electron chi connectivity index (χ0n) is 13.4. The van der Waals surface area contributed by atoms with Crippen molar-refractivity contribution in [1.29, 1.82) is 0 Å². The second-order valence-electron chi connectivity index (χ2n) is 5.64. The maximum atomic E-state index is 5.93. The molecule has 23 heavy (non-hydrogen) atoms. The highest BCUT2D eigenvalue weighted by Crippen LogP contribution is 2.27. The Morgan fingerprint density at radius 1 is 0.957 bits per heavy atom. The van der Waals surface area contributed by atoms with Crippen LogP contribution in [0.25, 0.3) is 12.2 Å². The lowest BCUT2D eigenvalue weighted by Gasteiger charge is -2.29. The molecule has 0 spiro atoms. The molecule has 0 radical (unpaired) electrons. The van der Waals surface area contributed by atoms with Crippen LogP contribution in [0, 0.1) is 5.41 Å². The Kier molecular flexibility index (Phi) is 7.06. The fourth-order valence-electron chi connectivity index (χ4n) is 2.05. The van der Waals surface area contributed by atoms with Crippen molar-refractivity contribution in [2.24, 2.45) is 5.41 Å². The van der Waals surface area contributed by atoms with Crippen LogP contribution in [0.3, 0.4) is 0 Å². The van der Waals surface area contributed by atoms with E-state index < -0.39 is 0 Å². The van der Waals surface area contributed by atoms with Crippen LogP contribution >= 0.6 is 25.3 Å². The summed E-state index contributed by atoms with van der Waals surface area (Å²) in [5.74, 6) is 2.44. The van der Waals surface area contributed by atoms with E-state index in [9.17, 15) is 0 Å². The van der Waals surface area contributed by atoms with Gasteiger partial charge in [0.05, 0.1) is 6.61 Å². The molecule has 0 aliphatic heterocycles. The van der Waals surface area contributed by atoms with Crippen molar-refractivity contribution in [3.05, 3.63) is 59.9 Å². The summed E-state index contributed by atoms with van der Waals surface area (Å²) in [6.07, 6.45) is 8.74. The van der Waals surface area contributed by atoms with Crippen LogP contribution in [0.1, 0.15) is 24.5 Å². The van der Waals surface area contributed by atoms with Gasteiger partial charge < -0.3 is 4.74 Å². The zero-order valence-corrected chi connectivity index (χ0v) is 15.1. The lowest BCUT2D eigenvalue weighted by atomic mass is 9.91. The van der Waals surface area contributed by atoms with Gasteiger partial charge in [0.25, 0.3) is 0 Å². The molecule has 0 aliphatic rings. The molecular weight excluding hydrogens is 322 g/mol. The van der Waals surface area contributed by atoms with Crippen molar-refractivity contribution in [3.8, 4) is 5.75 Å². The van der Waals surface area contributed by atoms with Gasteiger partial charge in [-0.05, 0) is 53.3 Å². The van der Waals surface area contributed by atoms with Crippen LogP contribution in [-0.2, 0) is 0 Å². The fourth-order valence-corrected chi connectivity index (χ4v) is 3.08. The van der Waals surface area contributed by atoms with E-state index >= 15 is 0 Å². The fraction of sp³-hybridized carbons (Fsp3) is 0.316. The van der Waals surface area contributed by atoms with Crippen molar-refractivity contribution in [1.82, 2.24) is 4.98 Å². The predicted molar refractivity (Wildman–Crippen MR) is 106 cm³/mol. The highest BCUT2D eigenvalue weighted by Gasteiger charge is 2.26. The summed E-state index contributed by atoms with van der Waals surface area (Å²) in [6, 6.07) is 12.1. The lowest BCUT2D eigenvalue weighted by molar-refractivity contribution is 0.185. The van der Waals surface area contributed by atoms with Gasteiger partial charge in [-0.3, -0.25) is 4.98 Å². The quantitative estimate of drug-likeness (QED) is 0.665. The molecule has 2 rings (SSSR count). The van der Waals surface area contributed by atoms with Gasteiger partial charge in [0, 0.05) is 17.8 Å². The number of thiol groups is 2. The van der Waals surface area contributed by atoms with E-state index in [-0.39, 0.29) is 5.41 Å². The van der Waals surface area contributed by atoms with Crippen molar-refractivity contribution in [3.63, 3.8) is 0 Å². The summed E-state index contributed by atoms with van der Waals surface area (Å²) >= 11 is 8.89. The minimum absolute atomic E-state index is 0.0339. The largest absolute Gasteiger partial charge is 0.493 e. The second-order valence-corrected chi connectivity index (χ2v) is 6.27. The lowest BCUT2D eigenvalue weighted by Crippen LogP contribution is -2.32. The molecule has 122 valence electrons. The standard InChI is InChI=1S/C19H23NOS2/c1-2-19(14-22,15-23)13-21-18-7-5-16(6-8-18)3-4-17-9-11-20-12-10-17/h3-12,22-23H,2,13-15H2,1H3. The van der Waals surface area contributed by atoms with Crippen molar-refractivity contribution in [2.75, 3.05) is 18.1 Å². The van der Waals surface area contributed by atoms with E-state index in [1.165, 1.54) is 0 Å². The molecule has 0 atom stereocenters. The van der Waals surface area contributed by atoms with Crippen LogP contribution < -0.4 is 4.74 Å². The Bertz CT molecular complexity index is 599. The van der Waals surface area contributed by atoms with Crippen molar-refractivity contribution >= 4 is 37.4 Å². The molecule has 0 fully saturated rings. The average Bonchev–Trinajstić information content (AvgIpc) is 2.63. The summed E-state index contributed by atoms with van der Waals surface area (Å²) in [7, 11) is 0. The third-order valence-electron chi connectivity index (χ3n) is 4.02. The van der Waals surface area contributed by atoms with Gasteiger partial charge in [-0.15, -0.1) is 0 Å². The van der Waals surface area contributed by atoms with Gasteiger partial charge in [0.2, 0.25) is 0 Å². The Hall–Kier alpha value is -1.39. The van der Waals surface area contributed by atoms with E-state index in [0.29, 0.717) is 6.61 Å². The number of benzene rings is 1. The van der Waals surface area contributed by atoms with Gasteiger partial charge in [0.1, 0.15) is 5.75 Å². The number of pyridine rings is 1. The normalized spacial score (nSPS) is 11.8. The third kappa shape index (κ3) is 5.33. The first-order valence-electron chi connectivity index (χ1n) is 7.74. The monoisotopic (exact) mass is 345 g/mol. The summed E-state index contributed by atoms with van der Waals surface area (Å²) in [5.41, 5.74) is 2.31. The van der Waals surface area contributed by atoms with Gasteiger partial charge in [0.15, 0.2) is 0 Å². The first kappa shape index (κ1) is 18.0. The molecule has 1 heterocycles. The van der Waals surface area contributed by atoms with E-state index in [1.807, 2.05) is 24.3 Å². The maximum absolute atomic E-state index is 5.93. The number of rotatable bonds is 8. The summed E-state index contributed by atoms with van der Waals surface area (Å²) in [5, 5.41) is 0. The Balaban J connectivity index is 1.96. The first-order valence-corrected chi connectivity index (χ1v) is 9.00. The molecule has 0 saturated carbocycles. The molecule has 0 unspecified atom stereocenters. The van der Waals surface area contributed by atoms with Gasteiger partial charge in [-0.1, -0.05) is 31.2 Å². The van der Waals surface area contributed by atoms with Crippen LogP contribution in [-0.4, -0.2) is 23.1 Å². The highest BCUT2D eigenvalue weighted by atomic mass is 32.1. The Labute approximate surface area is 149 Å². The number of nitrogens with zero attached hydrogens (tertiary/aromatic N) is 1. The second kappa shape index (κ2) is 9.04. The molecule has 0 saturated heterocycles. The van der Waals surface area contributed by atoms with Crippen LogP contribution in [0.5, 0.6) is 5.75 Å². The molecular formula is C19H23NOS2. The molecule has 1 aromatic carbocycles. The topological polar surface area (TPSA) is 22.1 Å². The molecule has 0 amide bonds. The van der Waals surface area contributed by atoms with Crippen LogP contribution in [0.4, 0.5) is 0 Å². The number of aromatic nitrogens is 1. The molecule has 2 nitrogen and oxygen atoms in total. The van der Waals surface area contributed by atoms with Gasteiger partial charge in [-0.25, -0.2) is 0 Å². The SMILES string of the molecule is CCC(CS)(CS)COc1ccc(C=Cc2ccncc2)cc1. The number of ether oxygens (including phenoxy) is 1. The molecule has 0 aliphatic carbocycles. The Morgan fingerprint density at radius 2 is 1.52 bits per heavy atom. The molecule has 0 bridgehead atoms. The van der Waals surface area contributed by atoms with E-state index in [1.54, 1.807) is 12.4 Å². The average molecular weight is 346 g/mol. The Morgan fingerprint density at radius 3 is 2.04 bits per heavy atom. The van der Waals surface area contributed by atoms with Crippen molar-refractivity contribution in [2.45, 2.75) is 13.3 Å². The first-order chi connectivity index (χ1) is 11.2. The van der Waals surface area contributed by atoms with E-state index in [0.717, 1.165) is 34.8 Å². The van der Waals surface area contributed by atoms with Crippen LogP contribution in [0.2, 0.25) is 0 Å². The molecule has 4 heteroatoms.